The standard InChI is InChI=1S/C29H36BrN3O2.ClH/c1-2-26(34)27(25-19-31-18-24(25)22-6-4-3-5-7-22)32-15-12-29(13-16-32)14-17-33(28(29)35)20-21-8-10-23(30)11-9-21;/h3-11,24-25,27,31H,2,12-20H2,1H3;1H/t24-,25-,27?;/m1./s1. The van der Waals surface area contributed by atoms with E-state index < -0.39 is 0 Å². The summed E-state index contributed by atoms with van der Waals surface area (Å²) in [5, 5.41) is 3.56. The number of rotatable bonds is 7. The summed E-state index contributed by atoms with van der Waals surface area (Å²) < 4.78 is 1.06. The Morgan fingerprint density at radius 3 is 2.36 bits per heavy atom. The molecule has 3 fully saturated rings. The highest BCUT2D eigenvalue weighted by Gasteiger charge is 2.50. The molecule has 2 aromatic carbocycles. The van der Waals surface area contributed by atoms with Crippen molar-refractivity contribution in [1.29, 1.82) is 0 Å². The molecule has 1 N–H and O–H groups in total. The number of amides is 1. The third kappa shape index (κ3) is 5.42. The SMILES string of the molecule is CCC(=O)C([C@@H]1CNC[C@@H]1c1ccccc1)N1CCC2(CCN(Cc3ccc(Br)cc3)C2=O)CC1.Cl. The lowest BCUT2D eigenvalue weighted by atomic mass is 9.75. The summed E-state index contributed by atoms with van der Waals surface area (Å²) in [6.07, 6.45) is 3.20. The van der Waals surface area contributed by atoms with E-state index in [0.717, 1.165) is 56.5 Å². The van der Waals surface area contributed by atoms with E-state index in [2.05, 4.69) is 68.6 Å². The number of halogens is 2. The molecule has 3 aliphatic heterocycles. The predicted molar refractivity (Wildman–Crippen MR) is 149 cm³/mol. The number of Topliss-reactive ketones (excluding diaryl/α,β-unsaturated/α-hetero) is 1. The van der Waals surface area contributed by atoms with Gasteiger partial charge >= 0.3 is 0 Å². The van der Waals surface area contributed by atoms with Crippen LogP contribution in [0.3, 0.4) is 0 Å². The summed E-state index contributed by atoms with van der Waals surface area (Å²) in [6, 6.07) is 18.8. The fraction of sp³-hybridized carbons (Fsp3) is 0.517. The minimum absolute atomic E-state index is 0. The molecule has 3 atom stereocenters. The summed E-state index contributed by atoms with van der Waals surface area (Å²) in [5.74, 6) is 1.27. The highest BCUT2D eigenvalue weighted by molar-refractivity contribution is 9.10. The molecule has 0 bridgehead atoms. The van der Waals surface area contributed by atoms with Gasteiger partial charge in [0, 0.05) is 48.9 Å². The zero-order valence-corrected chi connectivity index (χ0v) is 23.4. The van der Waals surface area contributed by atoms with E-state index in [1.54, 1.807) is 0 Å². The summed E-state index contributed by atoms with van der Waals surface area (Å²) >= 11 is 3.49. The van der Waals surface area contributed by atoms with Gasteiger partial charge in [-0.3, -0.25) is 14.5 Å². The number of carbonyl (C=O) groups excluding carboxylic acids is 2. The number of nitrogens with one attached hydrogen (secondary N) is 1. The molecular formula is C29H37BrClN3O2. The maximum atomic E-state index is 13.5. The number of nitrogens with zero attached hydrogens (tertiary/aromatic N) is 2. The van der Waals surface area contributed by atoms with Crippen LogP contribution in [-0.4, -0.2) is 60.3 Å². The normalized spacial score (nSPS) is 24.6. The highest BCUT2D eigenvalue weighted by Crippen LogP contribution is 2.44. The van der Waals surface area contributed by atoms with Crippen LogP contribution in [0.2, 0.25) is 0 Å². The number of hydrogen-bond donors (Lipinski definition) is 1. The number of carbonyl (C=O) groups is 2. The summed E-state index contributed by atoms with van der Waals surface area (Å²) in [5.41, 5.74) is 2.24. The van der Waals surface area contributed by atoms with Crippen LogP contribution in [0.5, 0.6) is 0 Å². The lowest BCUT2D eigenvalue weighted by Crippen LogP contribution is -2.54. The van der Waals surface area contributed by atoms with Crippen molar-refractivity contribution < 1.29 is 9.59 Å². The molecular weight excluding hydrogens is 538 g/mol. The van der Waals surface area contributed by atoms with Gasteiger partial charge in [-0.05, 0) is 55.6 Å². The molecule has 194 valence electrons. The maximum absolute atomic E-state index is 13.5. The third-order valence-electron chi connectivity index (χ3n) is 8.61. The Labute approximate surface area is 229 Å². The molecule has 3 aliphatic rings. The van der Waals surface area contributed by atoms with E-state index in [0.29, 0.717) is 30.6 Å². The molecule has 1 unspecified atom stereocenters. The molecule has 3 heterocycles. The molecule has 7 heteroatoms. The van der Waals surface area contributed by atoms with E-state index in [-0.39, 0.29) is 29.8 Å². The molecule has 0 radical (unpaired) electrons. The van der Waals surface area contributed by atoms with Crippen LogP contribution < -0.4 is 5.32 Å². The van der Waals surface area contributed by atoms with Gasteiger partial charge in [-0.1, -0.05) is 65.3 Å². The Kier molecular flexibility index (Phi) is 8.92. The fourth-order valence-electron chi connectivity index (χ4n) is 6.57. The van der Waals surface area contributed by atoms with Gasteiger partial charge < -0.3 is 10.2 Å². The Morgan fingerprint density at radius 1 is 1.03 bits per heavy atom. The summed E-state index contributed by atoms with van der Waals surface area (Å²) in [4.78, 5) is 31.3. The topological polar surface area (TPSA) is 52.7 Å². The lowest BCUT2D eigenvalue weighted by Gasteiger charge is -2.43. The van der Waals surface area contributed by atoms with Gasteiger partial charge in [0.1, 0.15) is 5.78 Å². The molecule has 1 amide bonds. The van der Waals surface area contributed by atoms with Crippen molar-refractivity contribution in [3.63, 3.8) is 0 Å². The van der Waals surface area contributed by atoms with Gasteiger partial charge in [0.25, 0.3) is 0 Å². The summed E-state index contributed by atoms with van der Waals surface area (Å²) in [7, 11) is 0. The Balaban J connectivity index is 0.00000304. The van der Waals surface area contributed by atoms with E-state index in [4.69, 9.17) is 0 Å². The third-order valence-corrected chi connectivity index (χ3v) is 9.14. The predicted octanol–water partition coefficient (Wildman–Crippen LogP) is 5.04. The fourth-order valence-corrected chi connectivity index (χ4v) is 6.83. The minimum Gasteiger partial charge on any atom is -0.338 e. The van der Waals surface area contributed by atoms with Crippen LogP contribution in [0.25, 0.3) is 0 Å². The highest BCUT2D eigenvalue weighted by atomic mass is 79.9. The molecule has 0 aromatic heterocycles. The lowest BCUT2D eigenvalue weighted by molar-refractivity contribution is -0.140. The van der Waals surface area contributed by atoms with Crippen molar-refractivity contribution in [2.45, 2.75) is 51.1 Å². The molecule has 5 rings (SSSR count). The first-order valence-corrected chi connectivity index (χ1v) is 13.9. The van der Waals surface area contributed by atoms with Gasteiger partial charge in [-0.15, -0.1) is 12.4 Å². The molecule has 1 spiro atoms. The smallest absolute Gasteiger partial charge is 0.229 e. The number of benzene rings is 2. The van der Waals surface area contributed by atoms with E-state index in [1.807, 2.05) is 24.0 Å². The van der Waals surface area contributed by atoms with Crippen molar-refractivity contribution in [2.75, 3.05) is 32.7 Å². The average molecular weight is 575 g/mol. The summed E-state index contributed by atoms with van der Waals surface area (Å²) in [6.45, 7) is 6.94. The van der Waals surface area contributed by atoms with Gasteiger partial charge in [0.2, 0.25) is 5.91 Å². The monoisotopic (exact) mass is 573 g/mol. The van der Waals surface area contributed by atoms with Crippen molar-refractivity contribution in [1.82, 2.24) is 15.1 Å². The van der Waals surface area contributed by atoms with E-state index in [9.17, 15) is 9.59 Å². The maximum Gasteiger partial charge on any atom is 0.229 e. The second kappa shape index (κ2) is 11.8. The number of piperidine rings is 1. The largest absolute Gasteiger partial charge is 0.338 e. The quantitative estimate of drug-likeness (QED) is 0.504. The molecule has 2 aromatic rings. The first-order valence-electron chi connectivity index (χ1n) is 13.1. The van der Waals surface area contributed by atoms with Crippen LogP contribution in [-0.2, 0) is 16.1 Å². The average Bonchev–Trinajstić information content (AvgIpc) is 3.48. The van der Waals surface area contributed by atoms with Crippen molar-refractivity contribution in [3.05, 3.63) is 70.2 Å². The zero-order valence-electron chi connectivity index (χ0n) is 21.0. The second-order valence-electron chi connectivity index (χ2n) is 10.5. The van der Waals surface area contributed by atoms with Crippen LogP contribution in [0.1, 0.15) is 49.7 Å². The van der Waals surface area contributed by atoms with Gasteiger partial charge in [-0.2, -0.15) is 0 Å². The molecule has 5 nitrogen and oxygen atoms in total. The molecule has 0 saturated carbocycles. The van der Waals surface area contributed by atoms with Crippen molar-refractivity contribution in [3.8, 4) is 0 Å². The number of hydrogen-bond acceptors (Lipinski definition) is 4. The van der Waals surface area contributed by atoms with Crippen molar-refractivity contribution in [2.24, 2.45) is 11.3 Å². The molecule has 0 aliphatic carbocycles. The molecule has 36 heavy (non-hydrogen) atoms. The van der Waals surface area contributed by atoms with Crippen LogP contribution in [0.15, 0.2) is 59.1 Å². The van der Waals surface area contributed by atoms with Crippen molar-refractivity contribution >= 4 is 40.0 Å². The van der Waals surface area contributed by atoms with Crippen LogP contribution in [0.4, 0.5) is 0 Å². The van der Waals surface area contributed by atoms with E-state index in [1.165, 1.54) is 11.1 Å². The van der Waals surface area contributed by atoms with Gasteiger partial charge in [0.05, 0.1) is 11.5 Å². The minimum atomic E-state index is -0.252. The van der Waals surface area contributed by atoms with Gasteiger partial charge in [-0.25, -0.2) is 0 Å². The zero-order chi connectivity index (χ0) is 24.4. The second-order valence-corrected chi connectivity index (χ2v) is 11.4. The van der Waals surface area contributed by atoms with Crippen LogP contribution in [0, 0.1) is 11.3 Å². The van der Waals surface area contributed by atoms with E-state index >= 15 is 0 Å². The molecule has 3 saturated heterocycles. The van der Waals surface area contributed by atoms with Crippen LogP contribution >= 0.6 is 28.3 Å². The Morgan fingerprint density at radius 2 is 1.69 bits per heavy atom. The Hall–Kier alpha value is -1.73. The first kappa shape index (κ1) is 27.3. The number of likely N-dealkylation sites (tertiary alicyclic amines) is 2. The first-order chi connectivity index (χ1) is 17.0. The Bertz CT molecular complexity index is 1040. The number of ketones is 1. The van der Waals surface area contributed by atoms with Gasteiger partial charge in [0.15, 0.2) is 0 Å².